The van der Waals surface area contributed by atoms with Crippen LogP contribution in [0, 0.1) is 0 Å². The van der Waals surface area contributed by atoms with E-state index in [0.29, 0.717) is 36.6 Å². The normalized spacial score (nSPS) is 11.0. The van der Waals surface area contributed by atoms with Crippen LogP contribution in [0.1, 0.15) is 39.2 Å². The van der Waals surface area contributed by atoms with E-state index in [2.05, 4.69) is 38.2 Å². The summed E-state index contributed by atoms with van der Waals surface area (Å²) in [5.74, 6) is 1.97. The van der Waals surface area contributed by atoms with Crippen molar-refractivity contribution >= 4 is 11.6 Å². The Balaban J connectivity index is 1.76. The van der Waals surface area contributed by atoms with Gasteiger partial charge in [0.05, 0.1) is 20.8 Å². The SMILES string of the molecule is COc1ccc(NC(=O)CCCOc2ccc(C(C)(C)C)cc2)cc1OC. The number of nitrogens with one attached hydrogen (secondary N) is 1. The van der Waals surface area contributed by atoms with Crippen LogP contribution in [0.25, 0.3) is 0 Å². The monoisotopic (exact) mass is 371 g/mol. The van der Waals surface area contributed by atoms with Crippen LogP contribution < -0.4 is 19.5 Å². The maximum Gasteiger partial charge on any atom is 0.224 e. The summed E-state index contributed by atoms with van der Waals surface area (Å²) in [5.41, 5.74) is 2.07. The maximum atomic E-state index is 12.1. The smallest absolute Gasteiger partial charge is 0.224 e. The third kappa shape index (κ3) is 6.20. The van der Waals surface area contributed by atoms with E-state index in [-0.39, 0.29) is 11.3 Å². The molecule has 27 heavy (non-hydrogen) atoms. The number of carbonyl (C=O) groups is 1. The summed E-state index contributed by atoms with van der Waals surface area (Å²) < 4.78 is 16.2. The van der Waals surface area contributed by atoms with Crippen molar-refractivity contribution in [3.63, 3.8) is 0 Å². The molecule has 0 aliphatic carbocycles. The zero-order valence-corrected chi connectivity index (χ0v) is 16.8. The third-order valence-corrected chi connectivity index (χ3v) is 4.20. The van der Waals surface area contributed by atoms with Gasteiger partial charge in [0.25, 0.3) is 0 Å². The molecule has 0 radical (unpaired) electrons. The summed E-state index contributed by atoms with van der Waals surface area (Å²) in [5, 5.41) is 2.86. The largest absolute Gasteiger partial charge is 0.494 e. The maximum absolute atomic E-state index is 12.1. The van der Waals surface area contributed by atoms with Crippen molar-refractivity contribution in [2.45, 2.75) is 39.0 Å². The first-order chi connectivity index (χ1) is 12.8. The number of ether oxygens (including phenoxy) is 3. The first-order valence-electron chi connectivity index (χ1n) is 9.08. The first kappa shape index (κ1) is 20.6. The van der Waals surface area contributed by atoms with Crippen molar-refractivity contribution < 1.29 is 19.0 Å². The summed E-state index contributed by atoms with van der Waals surface area (Å²) in [7, 11) is 3.14. The van der Waals surface area contributed by atoms with E-state index in [1.54, 1.807) is 32.4 Å². The molecule has 0 saturated carbocycles. The van der Waals surface area contributed by atoms with E-state index in [4.69, 9.17) is 14.2 Å². The molecule has 0 fully saturated rings. The second-order valence-electron chi connectivity index (χ2n) is 7.34. The zero-order valence-electron chi connectivity index (χ0n) is 16.8. The Kier molecular flexibility index (Phi) is 7.11. The molecule has 146 valence electrons. The van der Waals surface area contributed by atoms with Gasteiger partial charge in [-0.2, -0.15) is 0 Å². The molecule has 5 heteroatoms. The van der Waals surface area contributed by atoms with Gasteiger partial charge in [-0.1, -0.05) is 32.9 Å². The van der Waals surface area contributed by atoms with Crippen LogP contribution in [0.5, 0.6) is 17.2 Å². The minimum absolute atomic E-state index is 0.0612. The molecule has 2 aromatic rings. The summed E-state index contributed by atoms with van der Waals surface area (Å²) in [6.07, 6.45) is 1.02. The van der Waals surface area contributed by atoms with Crippen LogP contribution in [0.2, 0.25) is 0 Å². The first-order valence-corrected chi connectivity index (χ1v) is 9.08. The van der Waals surface area contributed by atoms with E-state index in [1.165, 1.54) is 5.56 Å². The highest BCUT2D eigenvalue weighted by molar-refractivity contribution is 5.91. The predicted octanol–water partition coefficient (Wildman–Crippen LogP) is 4.80. The number of carbonyl (C=O) groups excluding carboxylic acids is 1. The topological polar surface area (TPSA) is 56.8 Å². The van der Waals surface area contributed by atoms with Gasteiger partial charge >= 0.3 is 0 Å². The predicted molar refractivity (Wildman–Crippen MR) is 108 cm³/mol. The zero-order chi connectivity index (χ0) is 19.9. The summed E-state index contributed by atoms with van der Waals surface area (Å²) in [6.45, 7) is 7.04. The summed E-state index contributed by atoms with van der Waals surface area (Å²) in [4.78, 5) is 12.1. The Morgan fingerprint density at radius 2 is 1.63 bits per heavy atom. The molecule has 0 bridgehead atoms. The second kappa shape index (κ2) is 9.31. The van der Waals surface area contributed by atoms with Gasteiger partial charge < -0.3 is 19.5 Å². The molecular weight excluding hydrogens is 342 g/mol. The lowest BCUT2D eigenvalue weighted by atomic mass is 9.87. The third-order valence-electron chi connectivity index (χ3n) is 4.20. The Hall–Kier alpha value is -2.69. The fraction of sp³-hybridized carbons (Fsp3) is 0.409. The van der Waals surface area contributed by atoms with E-state index in [1.807, 2.05) is 12.1 Å². The molecule has 0 saturated heterocycles. The minimum atomic E-state index is -0.0612. The van der Waals surface area contributed by atoms with Crippen LogP contribution in [0.15, 0.2) is 42.5 Å². The number of rotatable bonds is 8. The van der Waals surface area contributed by atoms with E-state index in [9.17, 15) is 4.79 Å². The number of hydrogen-bond donors (Lipinski definition) is 1. The Bertz CT molecular complexity index is 748. The van der Waals surface area contributed by atoms with Crippen LogP contribution in [-0.2, 0) is 10.2 Å². The molecule has 0 aliphatic heterocycles. The van der Waals surface area contributed by atoms with Crippen molar-refractivity contribution in [2.75, 3.05) is 26.1 Å². The van der Waals surface area contributed by atoms with Gasteiger partial charge in [-0.05, 0) is 41.7 Å². The lowest BCUT2D eigenvalue weighted by molar-refractivity contribution is -0.116. The van der Waals surface area contributed by atoms with Gasteiger partial charge in [-0.25, -0.2) is 0 Å². The van der Waals surface area contributed by atoms with Gasteiger partial charge in [0, 0.05) is 18.2 Å². The number of hydrogen-bond acceptors (Lipinski definition) is 4. The second-order valence-corrected chi connectivity index (χ2v) is 7.34. The van der Waals surface area contributed by atoms with Gasteiger partial charge in [0.15, 0.2) is 11.5 Å². The number of anilines is 1. The number of amides is 1. The number of benzene rings is 2. The average molecular weight is 371 g/mol. The molecule has 0 heterocycles. The molecular formula is C22H29NO4. The Morgan fingerprint density at radius 3 is 2.22 bits per heavy atom. The van der Waals surface area contributed by atoms with Crippen molar-refractivity contribution in [2.24, 2.45) is 0 Å². The quantitative estimate of drug-likeness (QED) is 0.677. The van der Waals surface area contributed by atoms with Crippen LogP contribution in [-0.4, -0.2) is 26.7 Å². The van der Waals surface area contributed by atoms with Crippen molar-refractivity contribution in [3.8, 4) is 17.2 Å². The standard InChI is InChI=1S/C22H29NO4/c1-22(2,3)16-8-11-18(12-9-16)27-14-6-7-21(24)23-17-10-13-19(25-4)20(15-17)26-5/h8-13,15H,6-7,14H2,1-5H3,(H,23,24). The van der Waals surface area contributed by atoms with Crippen LogP contribution >= 0.6 is 0 Å². The highest BCUT2D eigenvalue weighted by atomic mass is 16.5. The highest BCUT2D eigenvalue weighted by Crippen LogP contribution is 2.29. The van der Waals surface area contributed by atoms with Crippen LogP contribution in [0.3, 0.4) is 0 Å². The van der Waals surface area contributed by atoms with Gasteiger partial charge in [-0.3, -0.25) is 4.79 Å². The molecule has 1 N–H and O–H groups in total. The molecule has 2 rings (SSSR count). The molecule has 0 atom stereocenters. The van der Waals surface area contributed by atoms with Crippen molar-refractivity contribution in [3.05, 3.63) is 48.0 Å². The van der Waals surface area contributed by atoms with Gasteiger partial charge in [-0.15, -0.1) is 0 Å². The highest BCUT2D eigenvalue weighted by Gasteiger charge is 2.13. The van der Waals surface area contributed by atoms with Crippen molar-refractivity contribution in [1.82, 2.24) is 0 Å². The molecule has 0 aromatic heterocycles. The van der Waals surface area contributed by atoms with Crippen molar-refractivity contribution in [1.29, 1.82) is 0 Å². The van der Waals surface area contributed by atoms with Gasteiger partial charge in [0.2, 0.25) is 5.91 Å². The Labute approximate surface area is 161 Å². The average Bonchev–Trinajstić information content (AvgIpc) is 2.64. The molecule has 1 amide bonds. The van der Waals surface area contributed by atoms with E-state index in [0.717, 1.165) is 5.75 Å². The number of methoxy groups -OCH3 is 2. The fourth-order valence-corrected chi connectivity index (χ4v) is 2.61. The molecule has 5 nitrogen and oxygen atoms in total. The molecule has 0 spiro atoms. The van der Waals surface area contributed by atoms with Gasteiger partial charge in [0.1, 0.15) is 5.75 Å². The Morgan fingerprint density at radius 1 is 0.963 bits per heavy atom. The molecule has 0 aliphatic rings. The van der Waals surface area contributed by atoms with Crippen LogP contribution in [0.4, 0.5) is 5.69 Å². The molecule has 2 aromatic carbocycles. The lowest BCUT2D eigenvalue weighted by Gasteiger charge is -2.19. The summed E-state index contributed by atoms with van der Waals surface area (Å²) in [6, 6.07) is 13.4. The summed E-state index contributed by atoms with van der Waals surface area (Å²) >= 11 is 0. The van der Waals surface area contributed by atoms with E-state index < -0.39 is 0 Å². The lowest BCUT2D eigenvalue weighted by Crippen LogP contribution is -2.13. The minimum Gasteiger partial charge on any atom is -0.494 e. The molecule has 0 unspecified atom stereocenters. The fourth-order valence-electron chi connectivity index (χ4n) is 2.61. The van der Waals surface area contributed by atoms with E-state index >= 15 is 0 Å².